The van der Waals surface area contributed by atoms with Crippen molar-refractivity contribution in [1.29, 1.82) is 5.41 Å². The van der Waals surface area contributed by atoms with Gasteiger partial charge < -0.3 is 27.3 Å². The number of hydrogen-bond donors (Lipinski definition) is 4. The molecule has 0 aromatic heterocycles. The highest BCUT2D eigenvalue weighted by Gasteiger charge is 2.04. The quantitative estimate of drug-likeness (QED) is 0.322. The summed E-state index contributed by atoms with van der Waals surface area (Å²) in [4.78, 5) is 0. The molecule has 0 saturated heterocycles. The van der Waals surface area contributed by atoms with Crippen molar-refractivity contribution in [3.05, 3.63) is 17.7 Å². The fraction of sp³-hybridized carbons (Fsp3) is 0.300. The molecule has 1 rings (SSSR count). The molecule has 82 valence electrons. The predicted molar refractivity (Wildman–Crippen MR) is 62.3 cm³/mol. The Bertz CT molecular complexity index is 352. The number of hydrogen-bond acceptors (Lipinski definition) is 5. The van der Waals surface area contributed by atoms with Crippen LogP contribution in [0.1, 0.15) is 12.0 Å². The minimum Gasteiger partial charge on any atom is -0.491 e. The number of anilines is 2. The smallest absolute Gasteiger partial charge is 0.144 e. The first-order chi connectivity index (χ1) is 7.19. The van der Waals surface area contributed by atoms with Gasteiger partial charge in [0, 0.05) is 23.5 Å². The lowest BCUT2D eigenvalue weighted by molar-refractivity contribution is 0.315. The first kappa shape index (κ1) is 11.3. The molecule has 0 radical (unpaired) electrons. The summed E-state index contributed by atoms with van der Waals surface area (Å²) in [6.07, 6.45) is 1.93. The van der Waals surface area contributed by atoms with Crippen LogP contribution in [0.3, 0.4) is 0 Å². The van der Waals surface area contributed by atoms with E-state index in [1.54, 1.807) is 12.1 Å². The van der Waals surface area contributed by atoms with Crippen molar-refractivity contribution in [3.63, 3.8) is 0 Å². The Morgan fingerprint density at radius 1 is 1.27 bits per heavy atom. The fourth-order valence-corrected chi connectivity index (χ4v) is 1.15. The lowest BCUT2D eigenvalue weighted by Crippen LogP contribution is -2.08. The van der Waals surface area contributed by atoms with Gasteiger partial charge in [-0.25, -0.2) is 0 Å². The van der Waals surface area contributed by atoms with E-state index in [0.717, 1.165) is 12.6 Å². The molecule has 5 heteroatoms. The van der Waals surface area contributed by atoms with E-state index in [1.807, 2.05) is 0 Å². The maximum Gasteiger partial charge on any atom is 0.144 e. The number of ether oxygens (including phenoxy) is 1. The third kappa shape index (κ3) is 2.85. The van der Waals surface area contributed by atoms with Crippen molar-refractivity contribution in [2.75, 3.05) is 24.6 Å². The van der Waals surface area contributed by atoms with Gasteiger partial charge in [-0.1, -0.05) is 0 Å². The molecule has 0 bridgehead atoms. The van der Waals surface area contributed by atoms with Gasteiger partial charge in [-0.15, -0.1) is 0 Å². The van der Waals surface area contributed by atoms with Crippen LogP contribution in [-0.4, -0.2) is 19.4 Å². The van der Waals surface area contributed by atoms with Crippen LogP contribution < -0.4 is 21.9 Å². The highest BCUT2D eigenvalue weighted by atomic mass is 16.5. The summed E-state index contributed by atoms with van der Waals surface area (Å²) in [6.45, 7) is 1.10. The first-order valence-electron chi connectivity index (χ1n) is 4.71. The van der Waals surface area contributed by atoms with Crippen molar-refractivity contribution in [2.24, 2.45) is 5.73 Å². The lowest BCUT2D eigenvalue weighted by atomic mass is 10.1. The Morgan fingerprint density at radius 3 is 2.60 bits per heavy atom. The summed E-state index contributed by atoms with van der Waals surface area (Å²) in [6, 6.07) is 3.26. The monoisotopic (exact) mass is 208 g/mol. The first-order valence-corrected chi connectivity index (χ1v) is 4.71. The Kier molecular flexibility index (Phi) is 3.93. The normalized spacial score (nSPS) is 9.93. The molecular formula is C10H16N4O. The minimum atomic E-state index is 0.486. The van der Waals surface area contributed by atoms with E-state index in [1.165, 1.54) is 0 Å². The molecule has 7 N–H and O–H groups in total. The van der Waals surface area contributed by atoms with Gasteiger partial charge in [-0.3, -0.25) is 0 Å². The number of benzene rings is 1. The summed E-state index contributed by atoms with van der Waals surface area (Å²) in [5.41, 5.74) is 18.3. The number of rotatable bonds is 5. The van der Waals surface area contributed by atoms with Crippen LogP contribution in [0, 0.1) is 5.41 Å². The third-order valence-electron chi connectivity index (χ3n) is 1.98. The summed E-state index contributed by atoms with van der Waals surface area (Å²) in [7, 11) is 0. The molecule has 1 aromatic carbocycles. The molecule has 0 aliphatic carbocycles. The van der Waals surface area contributed by atoms with E-state index in [0.29, 0.717) is 35.8 Å². The SMILES string of the molecule is N=Cc1cc(N)c(OCCCN)cc1N. The zero-order valence-corrected chi connectivity index (χ0v) is 8.49. The summed E-state index contributed by atoms with van der Waals surface area (Å²) in [5, 5.41) is 7.10. The second kappa shape index (κ2) is 5.21. The molecule has 0 unspecified atom stereocenters. The van der Waals surface area contributed by atoms with Crippen molar-refractivity contribution in [3.8, 4) is 5.75 Å². The highest BCUT2D eigenvalue weighted by Crippen LogP contribution is 2.26. The summed E-state index contributed by atoms with van der Waals surface area (Å²) in [5.74, 6) is 0.548. The van der Waals surface area contributed by atoms with Gasteiger partial charge in [0.25, 0.3) is 0 Å². The van der Waals surface area contributed by atoms with Crippen LogP contribution in [-0.2, 0) is 0 Å². The Labute approximate surface area is 88.7 Å². The summed E-state index contributed by atoms with van der Waals surface area (Å²) < 4.78 is 5.40. The zero-order chi connectivity index (χ0) is 11.3. The van der Waals surface area contributed by atoms with E-state index in [2.05, 4.69) is 0 Å². The van der Waals surface area contributed by atoms with E-state index in [4.69, 9.17) is 27.3 Å². The van der Waals surface area contributed by atoms with Gasteiger partial charge in [0.1, 0.15) is 5.75 Å². The van der Waals surface area contributed by atoms with Gasteiger partial charge in [0.05, 0.1) is 12.3 Å². The largest absolute Gasteiger partial charge is 0.491 e. The fourth-order valence-electron chi connectivity index (χ4n) is 1.15. The lowest BCUT2D eigenvalue weighted by Gasteiger charge is -2.10. The van der Waals surface area contributed by atoms with Crippen molar-refractivity contribution in [1.82, 2.24) is 0 Å². The predicted octanol–water partition coefficient (Wildman–Crippen LogP) is 0.576. The molecule has 0 aliphatic rings. The molecule has 1 aromatic rings. The Morgan fingerprint density at radius 2 is 2.00 bits per heavy atom. The number of nitrogen functional groups attached to an aromatic ring is 2. The van der Waals surface area contributed by atoms with Gasteiger partial charge in [-0.05, 0) is 19.0 Å². The molecule has 0 heterocycles. The average Bonchev–Trinajstić information content (AvgIpc) is 2.23. The molecule has 5 nitrogen and oxygen atoms in total. The van der Waals surface area contributed by atoms with Crippen LogP contribution in [0.15, 0.2) is 12.1 Å². The topological polar surface area (TPSA) is 111 Å². The average molecular weight is 208 g/mol. The van der Waals surface area contributed by atoms with Gasteiger partial charge in [0.15, 0.2) is 0 Å². The summed E-state index contributed by atoms with van der Waals surface area (Å²) >= 11 is 0. The van der Waals surface area contributed by atoms with Crippen LogP contribution >= 0.6 is 0 Å². The van der Waals surface area contributed by atoms with E-state index < -0.39 is 0 Å². The van der Waals surface area contributed by atoms with E-state index in [-0.39, 0.29) is 0 Å². The Hall–Kier alpha value is -1.75. The second-order valence-corrected chi connectivity index (χ2v) is 3.15. The van der Waals surface area contributed by atoms with Crippen molar-refractivity contribution in [2.45, 2.75) is 6.42 Å². The number of nitrogens with one attached hydrogen (secondary N) is 1. The van der Waals surface area contributed by atoms with Crippen LogP contribution in [0.2, 0.25) is 0 Å². The van der Waals surface area contributed by atoms with Gasteiger partial charge >= 0.3 is 0 Å². The van der Waals surface area contributed by atoms with E-state index >= 15 is 0 Å². The molecule has 0 spiro atoms. The highest BCUT2D eigenvalue weighted by molar-refractivity contribution is 5.87. The Balaban J connectivity index is 2.80. The zero-order valence-electron chi connectivity index (χ0n) is 8.49. The molecular weight excluding hydrogens is 192 g/mol. The second-order valence-electron chi connectivity index (χ2n) is 3.15. The van der Waals surface area contributed by atoms with Crippen LogP contribution in [0.5, 0.6) is 5.75 Å². The molecule has 15 heavy (non-hydrogen) atoms. The minimum absolute atomic E-state index is 0.486. The maximum absolute atomic E-state index is 7.10. The van der Waals surface area contributed by atoms with Crippen LogP contribution in [0.25, 0.3) is 0 Å². The van der Waals surface area contributed by atoms with Gasteiger partial charge in [-0.2, -0.15) is 0 Å². The van der Waals surface area contributed by atoms with Crippen molar-refractivity contribution >= 4 is 17.6 Å². The number of nitrogens with two attached hydrogens (primary N) is 3. The molecule has 0 amide bonds. The van der Waals surface area contributed by atoms with E-state index in [9.17, 15) is 0 Å². The molecule has 0 aliphatic heterocycles. The molecule has 0 saturated carbocycles. The van der Waals surface area contributed by atoms with Gasteiger partial charge in [0.2, 0.25) is 0 Å². The van der Waals surface area contributed by atoms with Crippen molar-refractivity contribution < 1.29 is 4.74 Å². The third-order valence-corrected chi connectivity index (χ3v) is 1.98. The molecule has 0 fully saturated rings. The standard InChI is InChI=1S/C10H16N4O/c11-2-1-3-15-10-5-8(13)7(6-12)4-9(10)14/h4-6,12H,1-3,11,13-14H2. The molecule has 0 atom stereocenters. The maximum atomic E-state index is 7.10. The van der Waals surface area contributed by atoms with Crippen LogP contribution in [0.4, 0.5) is 11.4 Å².